The van der Waals surface area contributed by atoms with E-state index in [1.165, 1.54) is 0 Å². The molecule has 0 spiro atoms. The Morgan fingerprint density at radius 2 is 2.36 bits per heavy atom. The third-order valence-corrected chi connectivity index (χ3v) is 1.24. The average Bonchev–Trinajstić information content (AvgIpc) is 2.07. The van der Waals surface area contributed by atoms with E-state index >= 15 is 0 Å². The minimum atomic E-state index is 0.646. The van der Waals surface area contributed by atoms with Crippen molar-refractivity contribution in [3.63, 3.8) is 0 Å². The molecular formula is C8H12N2O. The SMILES string of the molecule is NCCCOc1ccccn1. The molecule has 3 nitrogen and oxygen atoms in total. The van der Waals surface area contributed by atoms with Crippen LogP contribution in [0.1, 0.15) is 6.42 Å². The van der Waals surface area contributed by atoms with Crippen LogP contribution in [-0.2, 0) is 0 Å². The van der Waals surface area contributed by atoms with Crippen molar-refractivity contribution in [2.24, 2.45) is 5.73 Å². The highest BCUT2D eigenvalue weighted by molar-refractivity contribution is 5.08. The Balaban J connectivity index is 2.28. The summed E-state index contributed by atoms with van der Waals surface area (Å²) in [6, 6.07) is 5.58. The molecule has 1 aromatic heterocycles. The summed E-state index contributed by atoms with van der Waals surface area (Å²) in [5.41, 5.74) is 5.29. The molecular weight excluding hydrogens is 140 g/mol. The van der Waals surface area contributed by atoms with Crippen LogP contribution in [0, 0.1) is 0 Å². The summed E-state index contributed by atoms with van der Waals surface area (Å²) >= 11 is 0. The van der Waals surface area contributed by atoms with Crippen LogP contribution in [0.4, 0.5) is 0 Å². The van der Waals surface area contributed by atoms with E-state index in [1.54, 1.807) is 6.20 Å². The summed E-state index contributed by atoms with van der Waals surface area (Å²) in [5.74, 6) is 0.668. The minimum Gasteiger partial charge on any atom is -0.478 e. The quantitative estimate of drug-likeness (QED) is 0.649. The Morgan fingerprint density at radius 1 is 1.45 bits per heavy atom. The lowest BCUT2D eigenvalue weighted by atomic mass is 10.4. The molecule has 1 rings (SSSR count). The van der Waals surface area contributed by atoms with E-state index in [2.05, 4.69) is 4.98 Å². The van der Waals surface area contributed by atoms with Gasteiger partial charge in [0.1, 0.15) is 0 Å². The fourth-order valence-corrected chi connectivity index (χ4v) is 0.693. The number of nitrogens with two attached hydrogens (primary N) is 1. The zero-order chi connectivity index (χ0) is 7.94. The molecule has 0 bridgehead atoms. The molecule has 1 aromatic rings. The van der Waals surface area contributed by atoms with Gasteiger partial charge in [0.05, 0.1) is 6.61 Å². The lowest BCUT2D eigenvalue weighted by molar-refractivity contribution is 0.301. The van der Waals surface area contributed by atoms with Crippen LogP contribution in [0.2, 0.25) is 0 Å². The van der Waals surface area contributed by atoms with E-state index in [9.17, 15) is 0 Å². The fourth-order valence-electron chi connectivity index (χ4n) is 0.693. The first-order valence-corrected chi connectivity index (χ1v) is 3.67. The predicted molar refractivity (Wildman–Crippen MR) is 43.4 cm³/mol. The van der Waals surface area contributed by atoms with Gasteiger partial charge in [0, 0.05) is 12.3 Å². The smallest absolute Gasteiger partial charge is 0.213 e. The van der Waals surface area contributed by atoms with Crippen molar-refractivity contribution in [1.82, 2.24) is 4.98 Å². The van der Waals surface area contributed by atoms with E-state index in [4.69, 9.17) is 10.5 Å². The number of pyridine rings is 1. The lowest BCUT2D eigenvalue weighted by Crippen LogP contribution is -2.06. The van der Waals surface area contributed by atoms with Gasteiger partial charge in [-0.15, -0.1) is 0 Å². The van der Waals surface area contributed by atoms with E-state index in [1.807, 2.05) is 18.2 Å². The minimum absolute atomic E-state index is 0.646. The largest absolute Gasteiger partial charge is 0.478 e. The fraction of sp³-hybridized carbons (Fsp3) is 0.375. The molecule has 0 aromatic carbocycles. The average molecular weight is 152 g/mol. The molecule has 11 heavy (non-hydrogen) atoms. The second-order valence-corrected chi connectivity index (χ2v) is 2.16. The van der Waals surface area contributed by atoms with E-state index in [-0.39, 0.29) is 0 Å². The maximum absolute atomic E-state index is 5.29. The normalized spacial score (nSPS) is 9.55. The molecule has 0 saturated carbocycles. The van der Waals surface area contributed by atoms with Gasteiger partial charge < -0.3 is 10.5 Å². The van der Waals surface area contributed by atoms with Crippen molar-refractivity contribution < 1.29 is 4.74 Å². The molecule has 0 aliphatic carbocycles. The molecule has 0 atom stereocenters. The molecule has 0 unspecified atom stereocenters. The third-order valence-electron chi connectivity index (χ3n) is 1.24. The maximum atomic E-state index is 5.29. The van der Waals surface area contributed by atoms with Gasteiger partial charge in [-0.1, -0.05) is 6.07 Å². The van der Waals surface area contributed by atoms with Crippen molar-refractivity contribution >= 4 is 0 Å². The van der Waals surface area contributed by atoms with Crippen LogP contribution in [0.3, 0.4) is 0 Å². The Bertz CT molecular complexity index is 189. The monoisotopic (exact) mass is 152 g/mol. The second-order valence-electron chi connectivity index (χ2n) is 2.16. The van der Waals surface area contributed by atoms with Gasteiger partial charge in [-0.05, 0) is 19.0 Å². The molecule has 0 aliphatic rings. The van der Waals surface area contributed by atoms with Gasteiger partial charge >= 0.3 is 0 Å². The summed E-state index contributed by atoms with van der Waals surface area (Å²) in [6.45, 7) is 1.31. The van der Waals surface area contributed by atoms with E-state index < -0.39 is 0 Å². The highest BCUT2D eigenvalue weighted by Gasteiger charge is 1.89. The van der Waals surface area contributed by atoms with Crippen molar-refractivity contribution in [2.75, 3.05) is 13.2 Å². The van der Waals surface area contributed by atoms with Crippen LogP contribution in [0.15, 0.2) is 24.4 Å². The van der Waals surface area contributed by atoms with Crippen LogP contribution in [0.25, 0.3) is 0 Å². The number of rotatable bonds is 4. The Labute approximate surface area is 66.2 Å². The molecule has 0 saturated heterocycles. The van der Waals surface area contributed by atoms with Gasteiger partial charge in [0.2, 0.25) is 5.88 Å². The summed E-state index contributed by atoms with van der Waals surface area (Å²) in [4.78, 5) is 3.99. The number of ether oxygens (including phenoxy) is 1. The molecule has 2 N–H and O–H groups in total. The van der Waals surface area contributed by atoms with Crippen molar-refractivity contribution in [2.45, 2.75) is 6.42 Å². The highest BCUT2D eigenvalue weighted by Crippen LogP contribution is 2.02. The predicted octanol–water partition coefficient (Wildman–Crippen LogP) is 0.809. The standard InChI is InChI=1S/C8H12N2O/c9-5-3-7-11-8-4-1-2-6-10-8/h1-2,4,6H,3,5,7,9H2. The van der Waals surface area contributed by atoms with Crippen molar-refractivity contribution in [1.29, 1.82) is 0 Å². The first-order chi connectivity index (χ1) is 5.43. The van der Waals surface area contributed by atoms with Gasteiger partial charge in [-0.25, -0.2) is 4.98 Å². The molecule has 1 heterocycles. The molecule has 3 heteroatoms. The molecule has 0 aliphatic heterocycles. The zero-order valence-corrected chi connectivity index (χ0v) is 6.36. The van der Waals surface area contributed by atoms with Crippen LogP contribution in [-0.4, -0.2) is 18.1 Å². The highest BCUT2D eigenvalue weighted by atomic mass is 16.5. The number of hydrogen-bond donors (Lipinski definition) is 1. The van der Waals surface area contributed by atoms with Gasteiger partial charge in [0.15, 0.2) is 0 Å². The summed E-state index contributed by atoms with van der Waals surface area (Å²) in [6.07, 6.45) is 2.58. The Morgan fingerprint density at radius 3 is 3.00 bits per heavy atom. The maximum Gasteiger partial charge on any atom is 0.213 e. The summed E-state index contributed by atoms with van der Waals surface area (Å²) in [7, 11) is 0. The topological polar surface area (TPSA) is 48.1 Å². The third kappa shape index (κ3) is 3.00. The Kier molecular flexibility index (Phi) is 3.41. The van der Waals surface area contributed by atoms with Gasteiger partial charge in [-0.3, -0.25) is 0 Å². The first kappa shape index (κ1) is 8.01. The van der Waals surface area contributed by atoms with Crippen LogP contribution in [0.5, 0.6) is 5.88 Å². The second kappa shape index (κ2) is 4.68. The Hall–Kier alpha value is -1.09. The first-order valence-electron chi connectivity index (χ1n) is 3.67. The molecule has 60 valence electrons. The number of nitrogens with zero attached hydrogens (tertiary/aromatic N) is 1. The molecule has 0 fully saturated rings. The van der Waals surface area contributed by atoms with Crippen molar-refractivity contribution in [3.8, 4) is 5.88 Å². The van der Waals surface area contributed by atoms with Gasteiger partial charge in [0.25, 0.3) is 0 Å². The number of aromatic nitrogens is 1. The van der Waals surface area contributed by atoms with Crippen molar-refractivity contribution in [3.05, 3.63) is 24.4 Å². The van der Waals surface area contributed by atoms with Gasteiger partial charge in [-0.2, -0.15) is 0 Å². The van der Waals surface area contributed by atoms with E-state index in [0.29, 0.717) is 19.0 Å². The van der Waals surface area contributed by atoms with Crippen LogP contribution >= 0.6 is 0 Å². The zero-order valence-electron chi connectivity index (χ0n) is 6.36. The lowest BCUT2D eigenvalue weighted by Gasteiger charge is -2.01. The summed E-state index contributed by atoms with van der Waals surface area (Å²) in [5, 5.41) is 0. The number of hydrogen-bond acceptors (Lipinski definition) is 3. The van der Waals surface area contributed by atoms with E-state index in [0.717, 1.165) is 6.42 Å². The molecule has 0 radical (unpaired) electrons. The molecule has 0 amide bonds. The summed E-state index contributed by atoms with van der Waals surface area (Å²) < 4.78 is 5.26. The van der Waals surface area contributed by atoms with Crippen LogP contribution < -0.4 is 10.5 Å².